The van der Waals surface area contributed by atoms with Crippen molar-refractivity contribution in [2.45, 2.75) is 97.0 Å². The molecule has 234 valence electrons. The molecule has 2 saturated heterocycles. The van der Waals surface area contributed by atoms with Crippen molar-refractivity contribution in [1.82, 2.24) is 15.1 Å². The Morgan fingerprint density at radius 1 is 1.10 bits per heavy atom. The number of hydrogen-bond acceptors (Lipinski definition) is 5. The molecule has 4 rings (SSSR count). The van der Waals surface area contributed by atoms with Crippen molar-refractivity contribution in [3.63, 3.8) is 0 Å². The predicted molar refractivity (Wildman–Crippen MR) is 158 cm³/mol. The molecule has 10 heteroatoms. The van der Waals surface area contributed by atoms with E-state index in [1.807, 2.05) is 11.8 Å². The molecule has 0 unspecified atom stereocenters. The molecule has 1 aromatic carbocycles. The number of alkyl halides is 3. The Kier molecular flexibility index (Phi) is 10.4. The maximum absolute atomic E-state index is 14.1. The molecule has 2 heterocycles. The molecule has 2 aliphatic heterocycles. The number of hydrogen-bond donors (Lipinski definition) is 1. The molecule has 1 aromatic rings. The van der Waals surface area contributed by atoms with Gasteiger partial charge >= 0.3 is 12.1 Å². The Balaban J connectivity index is 1.48. The highest BCUT2D eigenvalue weighted by molar-refractivity contribution is 6.31. The molecule has 0 radical (unpaired) electrons. The average molecular weight is 612 g/mol. The first-order valence-electron chi connectivity index (χ1n) is 15.2. The van der Waals surface area contributed by atoms with E-state index in [2.05, 4.69) is 16.3 Å². The van der Waals surface area contributed by atoms with E-state index in [0.717, 1.165) is 51.4 Å². The van der Waals surface area contributed by atoms with Gasteiger partial charge in [-0.25, -0.2) is 0 Å². The third kappa shape index (κ3) is 8.29. The van der Waals surface area contributed by atoms with Gasteiger partial charge in [-0.15, -0.1) is 0 Å². The van der Waals surface area contributed by atoms with Crippen LogP contribution >= 0.6 is 11.6 Å². The molecule has 6 nitrogen and oxygen atoms in total. The van der Waals surface area contributed by atoms with E-state index in [0.29, 0.717) is 6.54 Å². The number of amides is 1. The van der Waals surface area contributed by atoms with Gasteiger partial charge in [0.2, 0.25) is 5.91 Å². The number of likely N-dealkylation sites (tertiary alicyclic amines) is 2. The fourth-order valence-electron chi connectivity index (χ4n) is 6.65. The second-order valence-electron chi connectivity index (χ2n) is 13.4. The average Bonchev–Trinajstić information content (AvgIpc) is 3.20. The van der Waals surface area contributed by atoms with Gasteiger partial charge in [0.15, 0.2) is 0 Å². The number of benzene rings is 1. The van der Waals surface area contributed by atoms with Crippen LogP contribution < -0.4 is 5.32 Å². The van der Waals surface area contributed by atoms with E-state index in [4.69, 9.17) is 16.3 Å². The van der Waals surface area contributed by atoms with E-state index in [-0.39, 0.29) is 48.0 Å². The molecule has 0 aromatic heterocycles. The smallest absolute Gasteiger partial charge is 0.416 e. The minimum atomic E-state index is -4.56. The Morgan fingerprint density at radius 2 is 1.81 bits per heavy atom. The summed E-state index contributed by atoms with van der Waals surface area (Å²) >= 11 is 6.26. The summed E-state index contributed by atoms with van der Waals surface area (Å²) in [6, 6.07) is 3.74. The molecule has 42 heavy (non-hydrogen) atoms. The van der Waals surface area contributed by atoms with Crippen LogP contribution in [0, 0.1) is 11.3 Å². The fraction of sp³-hybridized carbons (Fsp3) is 0.688. The minimum absolute atomic E-state index is 0.0206. The Bertz CT molecular complexity index is 1160. The van der Waals surface area contributed by atoms with Crippen molar-refractivity contribution >= 4 is 23.5 Å². The summed E-state index contributed by atoms with van der Waals surface area (Å²) in [6.45, 7) is 10.4. The zero-order valence-corrected chi connectivity index (χ0v) is 26.0. The highest BCUT2D eigenvalue weighted by atomic mass is 35.5. The van der Waals surface area contributed by atoms with Gasteiger partial charge in [-0.1, -0.05) is 36.2 Å². The summed E-state index contributed by atoms with van der Waals surface area (Å²) in [4.78, 5) is 31.4. The number of halogens is 4. The van der Waals surface area contributed by atoms with Crippen LogP contribution in [0.3, 0.4) is 0 Å². The van der Waals surface area contributed by atoms with Crippen LogP contribution in [0.25, 0.3) is 0 Å². The van der Waals surface area contributed by atoms with Gasteiger partial charge in [0, 0.05) is 50.3 Å². The molecule has 1 aliphatic carbocycles. The van der Waals surface area contributed by atoms with Crippen LogP contribution in [0.4, 0.5) is 13.2 Å². The minimum Gasteiger partial charge on any atom is -0.460 e. The number of piperidine rings is 1. The van der Waals surface area contributed by atoms with Crippen LogP contribution in [-0.2, 0) is 27.0 Å². The van der Waals surface area contributed by atoms with E-state index < -0.39 is 28.7 Å². The molecule has 0 saturated carbocycles. The highest BCUT2D eigenvalue weighted by Gasteiger charge is 2.52. The monoisotopic (exact) mass is 611 g/mol. The van der Waals surface area contributed by atoms with E-state index in [1.54, 1.807) is 20.8 Å². The Labute approximate surface area is 253 Å². The van der Waals surface area contributed by atoms with Gasteiger partial charge in [-0.05, 0) is 82.9 Å². The van der Waals surface area contributed by atoms with Crippen molar-refractivity contribution in [3.05, 3.63) is 46.0 Å². The zero-order valence-electron chi connectivity index (χ0n) is 25.3. The lowest BCUT2D eigenvalue weighted by Gasteiger charge is -2.37. The van der Waals surface area contributed by atoms with Crippen molar-refractivity contribution < 1.29 is 27.5 Å². The number of carbonyl (C=O) groups is 2. The molecule has 0 bridgehead atoms. The molecule has 1 N–H and O–H groups in total. The van der Waals surface area contributed by atoms with E-state index >= 15 is 0 Å². The lowest BCUT2D eigenvalue weighted by atomic mass is 9.75. The Hall–Kier alpha value is -2.10. The normalized spacial score (nSPS) is 24.9. The largest absolute Gasteiger partial charge is 0.460 e. The quantitative estimate of drug-likeness (QED) is 0.265. The van der Waals surface area contributed by atoms with E-state index in [9.17, 15) is 22.8 Å². The number of rotatable bonds is 8. The van der Waals surface area contributed by atoms with Crippen LogP contribution in [-0.4, -0.2) is 66.0 Å². The number of ether oxygens (including phenoxy) is 1. The van der Waals surface area contributed by atoms with Crippen LogP contribution in [0.15, 0.2) is 29.8 Å². The van der Waals surface area contributed by atoms with Gasteiger partial charge in [0.05, 0.1) is 17.4 Å². The standard InChI is InChI=1S/C32H45ClF3N3O3/c1-22-18-39(20-25-26(32(34,35)36)11-8-12-27(25)33)21-31(22,17-28(40)42-30(2,3)4)29(41)37-24-13-15-38(16-14-24)19-23-9-6-5-7-10-23/h8-9,11-12,22,24H,5-7,10,13-21H2,1-4H3,(H,37,41)/t22-,31-/m0/s1. The third-order valence-corrected chi connectivity index (χ3v) is 9.21. The van der Waals surface area contributed by atoms with Gasteiger partial charge in [0.25, 0.3) is 0 Å². The van der Waals surface area contributed by atoms with Gasteiger partial charge in [0.1, 0.15) is 5.60 Å². The lowest BCUT2D eigenvalue weighted by Crippen LogP contribution is -2.53. The molecule has 3 aliphatic rings. The van der Waals surface area contributed by atoms with Crippen molar-refractivity contribution in [3.8, 4) is 0 Å². The number of nitrogens with zero attached hydrogens (tertiary/aromatic N) is 2. The Morgan fingerprint density at radius 3 is 2.43 bits per heavy atom. The first kappa shape index (κ1) is 32.8. The van der Waals surface area contributed by atoms with Crippen molar-refractivity contribution in [2.24, 2.45) is 11.3 Å². The van der Waals surface area contributed by atoms with Gasteiger partial charge in [-0.3, -0.25) is 19.4 Å². The molecular formula is C32H45ClF3N3O3. The second-order valence-corrected chi connectivity index (χ2v) is 13.8. The number of allylic oxidation sites excluding steroid dienone is 1. The molecule has 2 atom stereocenters. The SMILES string of the molecule is C[C@H]1CN(Cc2c(Cl)cccc2C(F)(F)F)C[C@]1(CC(=O)OC(C)(C)C)C(=O)NC1CCN(CC2=CCCCC2)CC1. The first-order chi connectivity index (χ1) is 19.7. The topological polar surface area (TPSA) is 61.9 Å². The molecule has 2 fully saturated rings. The maximum Gasteiger partial charge on any atom is 0.416 e. The van der Waals surface area contributed by atoms with Crippen LogP contribution in [0.5, 0.6) is 0 Å². The maximum atomic E-state index is 14.1. The van der Waals surface area contributed by atoms with Gasteiger partial charge in [-0.2, -0.15) is 13.2 Å². The summed E-state index contributed by atoms with van der Waals surface area (Å²) in [5, 5.41) is 3.27. The molecular weight excluding hydrogens is 567 g/mol. The summed E-state index contributed by atoms with van der Waals surface area (Å²) in [5.41, 5.74) is -1.16. The third-order valence-electron chi connectivity index (χ3n) is 8.85. The highest BCUT2D eigenvalue weighted by Crippen LogP contribution is 2.43. The summed E-state index contributed by atoms with van der Waals surface area (Å²) in [5.74, 6) is -1.01. The van der Waals surface area contributed by atoms with Crippen molar-refractivity contribution in [1.29, 1.82) is 0 Å². The summed E-state index contributed by atoms with van der Waals surface area (Å²) < 4.78 is 47.0. The number of carbonyl (C=O) groups excluding carboxylic acids is 2. The molecule has 0 spiro atoms. The van der Waals surface area contributed by atoms with E-state index in [1.165, 1.54) is 30.5 Å². The van der Waals surface area contributed by atoms with Crippen LogP contribution in [0.2, 0.25) is 5.02 Å². The second kappa shape index (κ2) is 13.3. The van der Waals surface area contributed by atoms with Crippen LogP contribution in [0.1, 0.15) is 83.8 Å². The number of nitrogens with one attached hydrogen (secondary N) is 1. The fourth-order valence-corrected chi connectivity index (χ4v) is 6.89. The summed E-state index contributed by atoms with van der Waals surface area (Å²) in [6.07, 6.45) is 4.13. The zero-order chi connectivity index (χ0) is 30.7. The first-order valence-corrected chi connectivity index (χ1v) is 15.5. The predicted octanol–water partition coefficient (Wildman–Crippen LogP) is 6.61. The van der Waals surface area contributed by atoms with Gasteiger partial charge < -0.3 is 10.1 Å². The summed E-state index contributed by atoms with van der Waals surface area (Å²) in [7, 11) is 0. The lowest BCUT2D eigenvalue weighted by molar-refractivity contribution is -0.161. The van der Waals surface area contributed by atoms with Crippen molar-refractivity contribution in [2.75, 3.05) is 32.7 Å². The number of esters is 1. The molecule has 1 amide bonds.